The number of alkyl halides is 3. The van der Waals surface area contributed by atoms with Crippen molar-refractivity contribution in [3.63, 3.8) is 0 Å². The third kappa shape index (κ3) is 3.27. The van der Waals surface area contributed by atoms with Crippen LogP contribution in [0.2, 0.25) is 0 Å². The molecule has 5 rings (SSSR count). The highest BCUT2D eigenvalue weighted by Crippen LogP contribution is 2.37. The Morgan fingerprint density at radius 1 is 1.07 bits per heavy atom. The number of aromatic nitrogens is 3. The lowest BCUT2D eigenvalue weighted by atomic mass is 9.99. The number of hydrogen-bond acceptors (Lipinski definition) is 5. The zero-order chi connectivity index (χ0) is 20.9. The minimum Gasteiger partial charge on any atom is -0.507 e. The van der Waals surface area contributed by atoms with E-state index in [1.165, 1.54) is 18.9 Å². The van der Waals surface area contributed by atoms with Crippen LogP contribution in [0, 0.1) is 0 Å². The summed E-state index contributed by atoms with van der Waals surface area (Å²) in [5.41, 5.74) is 0.313. The average Bonchev–Trinajstić information content (AvgIpc) is 3.36. The van der Waals surface area contributed by atoms with Gasteiger partial charge in [-0.3, -0.25) is 9.30 Å². The van der Waals surface area contributed by atoms with Crippen molar-refractivity contribution >= 4 is 11.5 Å². The molecule has 2 atom stereocenters. The Morgan fingerprint density at radius 3 is 2.73 bits per heavy atom. The van der Waals surface area contributed by atoms with Gasteiger partial charge in [-0.05, 0) is 56.1 Å². The van der Waals surface area contributed by atoms with E-state index in [-0.39, 0.29) is 11.6 Å². The second-order valence-electron chi connectivity index (χ2n) is 8.00. The lowest BCUT2D eigenvalue weighted by Crippen LogP contribution is -2.42. The average molecular weight is 417 g/mol. The number of nitrogens with one attached hydrogen (secondary N) is 1. The minimum atomic E-state index is -4.52. The van der Waals surface area contributed by atoms with E-state index in [2.05, 4.69) is 20.4 Å². The molecule has 0 radical (unpaired) electrons. The van der Waals surface area contributed by atoms with E-state index in [9.17, 15) is 18.3 Å². The fourth-order valence-electron chi connectivity index (χ4n) is 4.74. The second kappa shape index (κ2) is 7.16. The number of nitrogens with zero attached hydrogens (tertiary/aromatic N) is 4. The van der Waals surface area contributed by atoms with E-state index in [0.29, 0.717) is 23.2 Å². The lowest BCUT2D eigenvalue weighted by Gasteiger charge is -2.32. The number of aromatic hydroxyl groups is 1. The van der Waals surface area contributed by atoms with Crippen molar-refractivity contribution in [1.82, 2.24) is 19.5 Å². The standard InChI is InChI=1S/C21H22F3N5O/c22-21(23,24)13-6-7-14(18(30)12-13)19-17-5-3-10-29(17)20(27-26-19)25-15-8-11-28-9-2-1-4-16(15)28/h3,5-7,10,12,15-16,30H,1-2,4,8-9,11H2,(H,25,27)/t15-,16+/m1/s1. The van der Waals surface area contributed by atoms with Gasteiger partial charge in [0, 0.05) is 30.4 Å². The Morgan fingerprint density at radius 2 is 1.93 bits per heavy atom. The van der Waals surface area contributed by atoms with Crippen LogP contribution in [-0.2, 0) is 6.18 Å². The third-order valence-electron chi connectivity index (χ3n) is 6.21. The van der Waals surface area contributed by atoms with E-state index in [1.54, 1.807) is 0 Å². The van der Waals surface area contributed by atoms with Gasteiger partial charge >= 0.3 is 6.18 Å². The summed E-state index contributed by atoms with van der Waals surface area (Å²) in [6.45, 7) is 2.21. The van der Waals surface area contributed by atoms with Gasteiger partial charge in [0.1, 0.15) is 11.4 Å². The lowest BCUT2D eigenvalue weighted by molar-refractivity contribution is -0.137. The van der Waals surface area contributed by atoms with E-state index < -0.39 is 17.5 Å². The summed E-state index contributed by atoms with van der Waals surface area (Å²) in [5, 5.41) is 22.3. The maximum Gasteiger partial charge on any atom is 0.416 e. The molecule has 0 saturated carbocycles. The summed E-state index contributed by atoms with van der Waals surface area (Å²) < 4.78 is 40.6. The molecule has 4 heterocycles. The van der Waals surface area contributed by atoms with Gasteiger partial charge in [-0.2, -0.15) is 13.2 Å². The van der Waals surface area contributed by atoms with Crippen LogP contribution in [0.25, 0.3) is 16.8 Å². The maximum absolute atomic E-state index is 12.9. The normalized spacial score (nSPS) is 22.4. The van der Waals surface area contributed by atoms with Crippen molar-refractivity contribution in [3.8, 4) is 17.0 Å². The van der Waals surface area contributed by atoms with Gasteiger partial charge in [0.05, 0.1) is 11.1 Å². The highest BCUT2D eigenvalue weighted by atomic mass is 19.4. The number of hydrogen-bond donors (Lipinski definition) is 2. The minimum absolute atomic E-state index is 0.213. The molecule has 0 spiro atoms. The van der Waals surface area contributed by atoms with E-state index in [1.807, 2.05) is 22.7 Å². The summed E-state index contributed by atoms with van der Waals surface area (Å²) in [7, 11) is 0. The number of benzene rings is 1. The fraction of sp³-hybridized carbons (Fsp3) is 0.429. The molecule has 0 amide bonds. The molecule has 2 aromatic heterocycles. The van der Waals surface area contributed by atoms with Gasteiger partial charge < -0.3 is 10.4 Å². The molecule has 2 saturated heterocycles. The van der Waals surface area contributed by atoms with E-state index >= 15 is 0 Å². The van der Waals surface area contributed by atoms with Crippen molar-refractivity contribution in [3.05, 3.63) is 42.1 Å². The van der Waals surface area contributed by atoms with Crippen LogP contribution in [0.15, 0.2) is 36.5 Å². The van der Waals surface area contributed by atoms with Crippen LogP contribution in [0.5, 0.6) is 5.75 Å². The predicted octanol–water partition coefficient (Wildman–Crippen LogP) is 4.16. The maximum atomic E-state index is 12.9. The molecule has 158 valence electrons. The monoisotopic (exact) mass is 417 g/mol. The molecule has 2 aliphatic rings. The first-order valence-electron chi connectivity index (χ1n) is 10.2. The molecule has 6 nitrogen and oxygen atoms in total. The molecule has 9 heteroatoms. The largest absolute Gasteiger partial charge is 0.507 e. The quantitative estimate of drug-likeness (QED) is 0.670. The summed E-state index contributed by atoms with van der Waals surface area (Å²) in [5.74, 6) is 0.124. The predicted molar refractivity (Wildman–Crippen MR) is 106 cm³/mol. The molecular weight excluding hydrogens is 395 g/mol. The van der Waals surface area contributed by atoms with Crippen molar-refractivity contribution in [2.24, 2.45) is 0 Å². The third-order valence-corrected chi connectivity index (χ3v) is 6.21. The molecule has 3 aromatic rings. The molecule has 0 bridgehead atoms. The van der Waals surface area contributed by atoms with Crippen molar-refractivity contribution in [1.29, 1.82) is 0 Å². The van der Waals surface area contributed by atoms with Gasteiger partial charge in [-0.25, -0.2) is 0 Å². The highest BCUT2D eigenvalue weighted by Gasteiger charge is 2.36. The van der Waals surface area contributed by atoms with Gasteiger partial charge in [0.25, 0.3) is 0 Å². The fourth-order valence-corrected chi connectivity index (χ4v) is 4.74. The Bertz CT molecular complexity index is 1080. The summed E-state index contributed by atoms with van der Waals surface area (Å²) in [4.78, 5) is 2.52. The SMILES string of the molecule is Oc1cc(C(F)(F)F)ccc1-c1nnc(N[C@@H]2CCN3CCCC[C@@H]23)n2cccc12. The van der Waals surface area contributed by atoms with Crippen LogP contribution < -0.4 is 5.32 Å². The molecule has 0 unspecified atom stereocenters. The van der Waals surface area contributed by atoms with Gasteiger partial charge in [0.2, 0.25) is 5.95 Å². The number of piperidine rings is 1. The second-order valence-corrected chi connectivity index (χ2v) is 8.00. The van der Waals surface area contributed by atoms with Crippen LogP contribution in [0.1, 0.15) is 31.2 Å². The number of phenolic OH excluding ortho intramolecular Hbond substituents is 1. The molecule has 30 heavy (non-hydrogen) atoms. The van der Waals surface area contributed by atoms with Crippen molar-refractivity contribution < 1.29 is 18.3 Å². The smallest absolute Gasteiger partial charge is 0.416 e. The molecule has 2 N–H and O–H groups in total. The van der Waals surface area contributed by atoms with Crippen LogP contribution in [0.4, 0.5) is 19.1 Å². The van der Waals surface area contributed by atoms with Crippen LogP contribution >= 0.6 is 0 Å². The number of anilines is 1. The van der Waals surface area contributed by atoms with Gasteiger partial charge in [-0.15, -0.1) is 10.2 Å². The Kier molecular flexibility index (Phi) is 4.57. The molecule has 2 fully saturated rings. The Hall–Kier alpha value is -2.81. The topological polar surface area (TPSA) is 65.7 Å². The first kappa shape index (κ1) is 19.2. The molecule has 1 aromatic carbocycles. The summed E-state index contributed by atoms with van der Waals surface area (Å²) in [6, 6.07) is 7.32. The van der Waals surface area contributed by atoms with Crippen LogP contribution in [0.3, 0.4) is 0 Å². The van der Waals surface area contributed by atoms with Crippen molar-refractivity contribution in [2.75, 3.05) is 18.4 Å². The first-order chi connectivity index (χ1) is 14.4. The number of fused-ring (bicyclic) bond motifs is 2. The number of rotatable bonds is 3. The number of phenols is 1. The zero-order valence-corrected chi connectivity index (χ0v) is 16.2. The van der Waals surface area contributed by atoms with E-state index in [4.69, 9.17) is 0 Å². The summed E-state index contributed by atoms with van der Waals surface area (Å²) >= 11 is 0. The van der Waals surface area contributed by atoms with Gasteiger partial charge in [-0.1, -0.05) is 6.42 Å². The highest BCUT2D eigenvalue weighted by molar-refractivity contribution is 5.81. The van der Waals surface area contributed by atoms with E-state index in [0.717, 1.165) is 38.1 Å². The van der Waals surface area contributed by atoms with Gasteiger partial charge in [0.15, 0.2) is 0 Å². The number of halogens is 3. The summed E-state index contributed by atoms with van der Waals surface area (Å²) in [6.07, 6.45) is 2.00. The first-order valence-corrected chi connectivity index (χ1v) is 10.2. The molecule has 0 aliphatic carbocycles. The Labute approximate surface area is 171 Å². The zero-order valence-electron chi connectivity index (χ0n) is 16.2. The molecule has 2 aliphatic heterocycles. The van der Waals surface area contributed by atoms with Crippen molar-refractivity contribution in [2.45, 2.75) is 43.9 Å². The Balaban J connectivity index is 1.48. The molecular formula is C21H22F3N5O. The van der Waals surface area contributed by atoms with Crippen LogP contribution in [-0.4, -0.2) is 49.8 Å².